The van der Waals surface area contributed by atoms with E-state index >= 15 is 0 Å². The number of likely N-dealkylation sites (tertiary alicyclic amines) is 1. The number of pyridine rings is 1. The number of amides is 1. The van der Waals surface area contributed by atoms with E-state index in [0.717, 1.165) is 12.8 Å². The first-order valence-corrected chi connectivity index (χ1v) is 10.7. The normalized spacial score (nSPS) is 15.8. The fourth-order valence-electron chi connectivity index (χ4n) is 2.91. The summed E-state index contributed by atoms with van der Waals surface area (Å²) in [5.74, 6) is -0.424. The quantitative estimate of drug-likeness (QED) is 0.719. The van der Waals surface area contributed by atoms with Crippen molar-refractivity contribution in [2.45, 2.75) is 28.9 Å². The molecule has 0 spiro atoms. The van der Waals surface area contributed by atoms with Crippen LogP contribution in [0.4, 0.5) is 0 Å². The standard InChI is InChI=1S/C18H18Cl2N2O3S/c19-15-5-7-22(8-6-15)18(23)14-9-13(10-21-11-14)12-26(24,25)17-4-2-1-3-16(17)20/h1-4,9-11,15H,5-8,12H2. The maximum absolute atomic E-state index is 12.6. The van der Waals surface area contributed by atoms with Gasteiger partial charge in [-0.3, -0.25) is 9.78 Å². The maximum atomic E-state index is 12.6. The molecule has 138 valence electrons. The van der Waals surface area contributed by atoms with Gasteiger partial charge in [-0.25, -0.2) is 8.42 Å². The van der Waals surface area contributed by atoms with Gasteiger partial charge in [0.2, 0.25) is 0 Å². The molecule has 3 rings (SSSR count). The van der Waals surface area contributed by atoms with Crippen molar-refractivity contribution in [2.24, 2.45) is 0 Å². The highest BCUT2D eigenvalue weighted by molar-refractivity contribution is 7.90. The first kappa shape index (κ1) is 19.1. The molecule has 1 aromatic carbocycles. The van der Waals surface area contributed by atoms with Crippen LogP contribution in [0.2, 0.25) is 5.02 Å². The molecule has 1 aliphatic heterocycles. The second kappa shape index (κ2) is 7.94. The number of carbonyl (C=O) groups is 1. The van der Waals surface area contributed by atoms with Crippen LogP contribution < -0.4 is 0 Å². The Morgan fingerprint density at radius 3 is 2.58 bits per heavy atom. The number of alkyl halides is 1. The van der Waals surface area contributed by atoms with Gasteiger partial charge in [0.15, 0.2) is 9.84 Å². The average molecular weight is 413 g/mol. The molecule has 1 fully saturated rings. The average Bonchev–Trinajstić information content (AvgIpc) is 2.62. The Morgan fingerprint density at radius 2 is 1.88 bits per heavy atom. The first-order valence-electron chi connectivity index (χ1n) is 8.21. The Morgan fingerprint density at radius 1 is 1.19 bits per heavy atom. The molecular weight excluding hydrogens is 395 g/mol. The zero-order valence-corrected chi connectivity index (χ0v) is 16.3. The number of halogens is 2. The Kier molecular flexibility index (Phi) is 5.85. The lowest BCUT2D eigenvalue weighted by Crippen LogP contribution is -2.38. The lowest BCUT2D eigenvalue weighted by Gasteiger charge is -2.29. The Bertz CT molecular complexity index is 910. The summed E-state index contributed by atoms with van der Waals surface area (Å²) in [6.45, 7) is 1.18. The zero-order chi connectivity index (χ0) is 18.7. The molecule has 1 aromatic heterocycles. The van der Waals surface area contributed by atoms with Crippen LogP contribution in [0.3, 0.4) is 0 Å². The van der Waals surface area contributed by atoms with Crippen LogP contribution in [0.5, 0.6) is 0 Å². The number of carbonyl (C=O) groups excluding carboxylic acids is 1. The number of aromatic nitrogens is 1. The Hall–Kier alpha value is -1.63. The van der Waals surface area contributed by atoms with Crippen LogP contribution in [-0.2, 0) is 15.6 Å². The molecule has 1 saturated heterocycles. The molecular formula is C18H18Cl2N2O3S. The fourth-order valence-corrected chi connectivity index (χ4v) is 5.00. The summed E-state index contributed by atoms with van der Waals surface area (Å²) in [5, 5.41) is 0.279. The third kappa shape index (κ3) is 4.37. The minimum atomic E-state index is -3.63. The molecule has 0 saturated carbocycles. The van der Waals surface area contributed by atoms with Crippen LogP contribution in [0.25, 0.3) is 0 Å². The summed E-state index contributed by atoms with van der Waals surface area (Å²) in [4.78, 5) is 18.5. The van der Waals surface area contributed by atoms with E-state index in [-0.39, 0.29) is 27.0 Å². The van der Waals surface area contributed by atoms with E-state index in [4.69, 9.17) is 23.2 Å². The number of benzene rings is 1. The molecule has 8 heteroatoms. The van der Waals surface area contributed by atoms with Gasteiger partial charge in [-0.2, -0.15) is 0 Å². The van der Waals surface area contributed by atoms with Gasteiger partial charge in [-0.05, 0) is 36.6 Å². The Balaban J connectivity index is 1.79. The molecule has 0 atom stereocenters. The molecule has 0 radical (unpaired) electrons. The van der Waals surface area contributed by atoms with Crippen LogP contribution in [0.1, 0.15) is 28.8 Å². The monoisotopic (exact) mass is 412 g/mol. The van der Waals surface area contributed by atoms with Crippen molar-refractivity contribution in [1.29, 1.82) is 0 Å². The van der Waals surface area contributed by atoms with Crippen molar-refractivity contribution in [3.05, 3.63) is 58.9 Å². The van der Waals surface area contributed by atoms with Gasteiger partial charge in [-0.1, -0.05) is 23.7 Å². The van der Waals surface area contributed by atoms with Crippen molar-refractivity contribution >= 4 is 38.9 Å². The lowest BCUT2D eigenvalue weighted by atomic mass is 10.1. The van der Waals surface area contributed by atoms with Gasteiger partial charge in [0, 0.05) is 30.9 Å². The third-order valence-corrected chi connectivity index (χ3v) is 6.90. The molecule has 0 N–H and O–H groups in total. The van der Waals surface area contributed by atoms with Crippen molar-refractivity contribution in [1.82, 2.24) is 9.88 Å². The molecule has 26 heavy (non-hydrogen) atoms. The number of nitrogens with zero attached hydrogens (tertiary/aromatic N) is 2. The Labute approximate surface area is 162 Å². The zero-order valence-electron chi connectivity index (χ0n) is 13.9. The van der Waals surface area contributed by atoms with Crippen LogP contribution in [0.15, 0.2) is 47.6 Å². The molecule has 0 aliphatic carbocycles. The topological polar surface area (TPSA) is 67.3 Å². The van der Waals surface area contributed by atoms with Crippen LogP contribution in [0, 0.1) is 0 Å². The van der Waals surface area contributed by atoms with E-state index in [9.17, 15) is 13.2 Å². The van der Waals surface area contributed by atoms with E-state index in [1.807, 2.05) is 0 Å². The number of hydrogen-bond acceptors (Lipinski definition) is 4. The summed E-state index contributed by atoms with van der Waals surface area (Å²) in [6.07, 6.45) is 4.42. The predicted molar refractivity (Wildman–Crippen MR) is 101 cm³/mol. The van der Waals surface area contributed by atoms with Gasteiger partial charge < -0.3 is 4.90 Å². The molecule has 5 nitrogen and oxygen atoms in total. The highest BCUT2D eigenvalue weighted by Crippen LogP contribution is 2.24. The third-order valence-electron chi connectivity index (χ3n) is 4.28. The van der Waals surface area contributed by atoms with E-state index in [1.54, 1.807) is 23.1 Å². The number of piperidine rings is 1. The predicted octanol–water partition coefficient (Wildman–Crippen LogP) is 3.55. The summed E-state index contributed by atoms with van der Waals surface area (Å²) in [6, 6.07) is 7.88. The maximum Gasteiger partial charge on any atom is 0.255 e. The molecule has 0 bridgehead atoms. The minimum absolute atomic E-state index is 0.0718. The van der Waals surface area contributed by atoms with E-state index in [2.05, 4.69) is 4.98 Å². The van der Waals surface area contributed by atoms with E-state index in [0.29, 0.717) is 24.2 Å². The van der Waals surface area contributed by atoms with E-state index in [1.165, 1.54) is 24.5 Å². The van der Waals surface area contributed by atoms with Crippen LogP contribution in [-0.4, -0.2) is 42.7 Å². The second-order valence-electron chi connectivity index (χ2n) is 6.24. The lowest BCUT2D eigenvalue weighted by molar-refractivity contribution is 0.0726. The minimum Gasteiger partial charge on any atom is -0.338 e. The molecule has 2 aromatic rings. The summed E-state index contributed by atoms with van der Waals surface area (Å²) in [7, 11) is -3.63. The highest BCUT2D eigenvalue weighted by atomic mass is 35.5. The summed E-state index contributed by atoms with van der Waals surface area (Å²) in [5.41, 5.74) is 0.827. The van der Waals surface area contributed by atoms with Gasteiger partial charge in [-0.15, -0.1) is 11.6 Å². The van der Waals surface area contributed by atoms with Crippen molar-refractivity contribution in [3.63, 3.8) is 0 Å². The molecule has 2 heterocycles. The number of hydrogen-bond donors (Lipinski definition) is 0. The van der Waals surface area contributed by atoms with Gasteiger partial charge >= 0.3 is 0 Å². The van der Waals surface area contributed by atoms with Crippen molar-refractivity contribution in [2.75, 3.05) is 13.1 Å². The van der Waals surface area contributed by atoms with Gasteiger partial charge in [0.05, 0.1) is 21.2 Å². The number of sulfone groups is 1. The number of rotatable bonds is 4. The summed E-state index contributed by atoms with van der Waals surface area (Å²) >= 11 is 12.1. The largest absolute Gasteiger partial charge is 0.338 e. The SMILES string of the molecule is O=C(c1cncc(CS(=O)(=O)c2ccccc2Cl)c1)N1CCC(Cl)CC1. The fraction of sp³-hybridized carbons (Fsp3) is 0.333. The van der Waals surface area contributed by atoms with Gasteiger partial charge in [0.1, 0.15) is 0 Å². The second-order valence-corrected chi connectivity index (χ2v) is 9.22. The molecule has 1 amide bonds. The summed E-state index contributed by atoms with van der Waals surface area (Å²) < 4.78 is 25.2. The van der Waals surface area contributed by atoms with Gasteiger partial charge in [0.25, 0.3) is 5.91 Å². The highest BCUT2D eigenvalue weighted by Gasteiger charge is 2.24. The first-order chi connectivity index (χ1) is 12.4. The van der Waals surface area contributed by atoms with Crippen molar-refractivity contribution in [3.8, 4) is 0 Å². The van der Waals surface area contributed by atoms with Crippen molar-refractivity contribution < 1.29 is 13.2 Å². The van der Waals surface area contributed by atoms with Crippen LogP contribution >= 0.6 is 23.2 Å². The smallest absolute Gasteiger partial charge is 0.255 e. The molecule has 1 aliphatic rings. The van der Waals surface area contributed by atoms with E-state index < -0.39 is 9.84 Å². The molecule has 0 unspecified atom stereocenters.